The van der Waals surface area contributed by atoms with Crippen LogP contribution in [-0.4, -0.2) is 113 Å². The number of likely N-dealkylation sites (tertiary alicyclic amines) is 3. The van der Waals surface area contributed by atoms with Gasteiger partial charge in [-0.25, -0.2) is 18.6 Å². The van der Waals surface area contributed by atoms with Crippen LogP contribution in [0.15, 0.2) is 60.8 Å². The number of benzene rings is 2. The Morgan fingerprint density at radius 3 is 2.22 bits per heavy atom. The summed E-state index contributed by atoms with van der Waals surface area (Å²) in [5, 5.41) is 7.95. The fraction of sp³-hybridized carbons (Fsp3) is 0.444. The zero-order valence-electron chi connectivity index (χ0n) is 28.4. The molecule has 11 nitrogen and oxygen atoms in total. The summed E-state index contributed by atoms with van der Waals surface area (Å²) in [6, 6.07) is 14.6. The van der Waals surface area contributed by atoms with Crippen molar-refractivity contribution in [1.29, 1.82) is 0 Å². The van der Waals surface area contributed by atoms with Crippen LogP contribution in [0.25, 0.3) is 0 Å². The number of ether oxygens (including phenoxy) is 1. The van der Waals surface area contributed by atoms with E-state index < -0.39 is 17.5 Å². The molecule has 0 aliphatic carbocycles. The molecule has 6 rings (SSSR count). The summed E-state index contributed by atoms with van der Waals surface area (Å²) in [5.74, 6) is -0.546. The Kier molecular flexibility index (Phi) is 11.5. The van der Waals surface area contributed by atoms with E-state index in [2.05, 4.69) is 49.7 Å². The number of thiocarbonyl (C=S) groups is 1. The number of likely N-dealkylation sites (N-methyl/N-ethyl adjacent to an activating group) is 1. The Balaban J connectivity index is 0.926. The smallest absolute Gasteiger partial charge is 0.323 e. The Morgan fingerprint density at radius 2 is 1.54 bits per heavy atom. The number of anilines is 2. The lowest BCUT2D eigenvalue weighted by molar-refractivity contribution is -0.119. The quantitative estimate of drug-likeness (QED) is 0.268. The molecule has 266 valence electrons. The van der Waals surface area contributed by atoms with Gasteiger partial charge in [0.1, 0.15) is 29.0 Å². The highest BCUT2D eigenvalue weighted by Gasteiger charge is 2.36. The second kappa shape index (κ2) is 16.2. The van der Waals surface area contributed by atoms with Crippen molar-refractivity contribution in [2.75, 3.05) is 64.0 Å². The Hall–Kier alpha value is -4.24. The summed E-state index contributed by atoms with van der Waals surface area (Å²) in [5.41, 5.74) is 0.658. The molecule has 0 bridgehead atoms. The maximum atomic E-state index is 14.9. The monoisotopic (exact) mass is 706 g/mol. The van der Waals surface area contributed by atoms with Crippen molar-refractivity contribution >= 4 is 40.8 Å². The number of hydrogen-bond donors (Lipinski definition) is 3. The first-order chi connectivity index (χ1) is 24.1. The molecule has 3 aromatic rings. The van der Waals surface area contributed by atoms with E-state index in [1.165, 1.54) is 68.5 Å². The predicted octanol–water partition coefficient (Wildman–Crippen LogP) is 4.91. The fourth-order valence-electron chi connectivity index (χ4n) is 6.80. The molecular weight excluding hydrogens is 663 g/mol. The number of amides is 3. The molecule has 3 aliphatic heterocycles. The van der Waals surface area contributed by atoms with Gasteiger partial charge in [0.05, 0.1) is 12.1 Å². The van der Waals surface area contributed by atoms with Crippen LogP contribution in [-0.2, 0) is 11.2 Å². The van der Waals surface area contributed by atoms with Crippen molar-refractivity contribution < 1.29 is 23.1 Å². The van der Waals surface area contributed by atoms with Crippen LogP contribution < -0.4 is 20.7 Å². The molecule has 4 heterocycles. The largest absolute Gasteiger partial charge is 0.457 e. The zero-order chi connectivity index (χ0) is 35.2. The van der Waals surface area contributed by atoms with Crippen LogP contribution in [0.2, 0.25) is 0 Å². The minimum absolute atomic E-state index is 0.0132. The average Bonchev–Trinajstić information content (AvgIpc) is 3.07. The summed E-state index contributed by atoms with van der Waals surface area (Å²) in [6.45, 7) is 5.97. The van der Waals surface area contributed by atoms with Crippen LogP contribution in [0, 0.1) is 11.6 Å². The van der Waals surface area contributed by atoms with Crippen LogP contribution in [0.4, 0.5) is 25.1 Å². The summed E-state index contributed by atoms with van der Waals surface area (Å²) >= 11 is 5.15. The summed E-state index contributed by atoms with van der Waals surface area (Å²) in [7, 11) is 4.32. The minimum atomic E-state index is -0.651. The van der Waals surface area contributed by atoms with Gasteiger partial charge in [0, 0.05) is 62.6 Å². The standard InChI is InChI=1S/C36H44F2N8O3S/c1-43(2)28-22-46(23-28)27-10-15-44(16-11-27)26-12-17-45(18-13-26)36(48)41-33-21-30(9-14-39-33)49-29-7-8-32(31(38)20-29)40-35(50)42-34(47)19-24-3-5-25(37)6-4-24/h3-9,14,20-21,26-28H,10-13,15-19,22-23H2,1-2H3,(H,39,41,48)(H2,40,42,47,50). The third-order valence-electron chi connectivity index (χ3n) is 9.83. The number of urea groups is 1. The summed E-state index contributed by atoms with van der Waals surface area (Å²) in [4.78, 5) is 39.0. The van der Waals surface area contributed by atoms with E-state index in [1.807, 2.05) is 4.90 Å². The van der Waals surface area contributed by atoms with E-state index in [9.17, 15) is 18.4 Å². The number of pyridine rings is 1. The summed E-state index contributed by atoms with van der Waals surface area (Å²) in [6.07, 6.45) is 5.83. The molecule has 0 radical (unpaired) electrons. The molecule has 3 amide bonds. The first-order valence-electron chi connectivity index (χ1n) is 17.1. The van der Waals surface area contributed by atoms with Crippen molar-refractivity contribution in [3.8, 4) is 11.5 Å². The maximum absolute atomic E-state index is 14.9. The highest BCUT2D eigenvalue weighted by Crippen LogP contribution is 2.29. The van der Waals surface area contributed by atoms with Gasteiger partial charge in [-0.2, -0.15) is 0 Å². The highest BCUT2D eigenvalue weighted by molar-refractivity contribution is 7.80. The van der Waals surface area contributed by atoms with Crippen LogP contribution in [0.3, 0.4) is 0 Å². The Labute approximate surface area is 296 Å². The van der Waals surface area contributed by atoms with E-state index in [4.69, 9.17) is 17.0 Å². The third kappa shape index (κ3) is 9.30. The van der Waals surface area contributed by atoms with Gasteiger partial charge >= 0.3 is 6.03 Å². The molecule has 2 aromatic carbocycles. The van der Waals surface area contributed by atoms with Gasteiger partial charge in [0.15, 0.2) is 5.11 Å². The predicted molar refractivity (Wildman–Crippen MR) is 192 cm³/mol. The second-order valence-corrected chi connectivity index (χ2v) is 13.8. The van der Waals surface area contributed by atoms with E-state index in [0.29, 0.717) is 48.3 Å². The molecule has 1 aromatic heterocycles. The normalized spacial score (nSPS) is 18.1. The second-order valence-electron chi connectivity index (χ2n) is 13.4. The highest BCUT2D eigenvalue weighted by atomic mass is 32.1. The molecule has 0 spiro atoms. The van der Waals surface area contributed by atoms with Gasteiger partial charge in [-0.1, -0.05) is 12.1 Å². The van der Waals surface area contributed by atoms with Crippen LogP contribution >= 0.6 is 12.2 Å². The van der Waals surface area contributed by atoms with E-state index >= 15 is 0 Å². The average molecular weight is 707 g/mol. The molecule has 0 unspecified atom stereocenters. The van der Waals surface area contributed by atoms with Gasteiger partial charge in [0.25, 0.3) is 0 Å². The third-order valence-corrected chi connectivity index (χ3v) is 10.0. The first kappa shape index (κ1) is 35.6. The molecule has 3 fully saturated rings. The number of carbonyl (C=O) groups excluding carboxylic acids is 2. The van der Waals surface area contributed by atoms with Crippen molar-refractivity contribution in [3.05, 3.63) is 78.0 Å². The van der Waals surface area contributed by atoms with Crippen LogP contribution in [0.5, 0.6) is 11.5 Å². The lowest BCUT2D eigenvalue weighted by Gasteiger charge is -2.50. The van der Waals surface area contributed by atoms with Gasteiger partial charge in [0.2, 0.25) is 5.91 Å². The molecule has 3 saturated heterocycles. The number of nitrogens with zero attached hydrogens (tertiary/aromatic N) is 5. The number of nitrogens with one attached hydrogen (secondary N) is 3. The zero-order valence-corrected chi connectivity index (χ0v) is 29.2. The number of aromatic nitrogens is 1. The molecule has 0 saturated carbocycles. The molecule has 50 heavy (non-hydrogen) atoms. The van der Waals surface area contributed by atoms with Gasteiger partial charge in [-0.15, -0.1) is 0 Å². The lowest BCUT2D eigenvalue weighted by atomic mass is 9.94. The molecular formula is C36H44F2N8O3S. The number of carbonyl (C=O) groups is 2. The molecule has 0 atom stereocenters. The topological polar surface area (TPSA) is 105 Å². The van der Waals surface area contributed by atoms with Crippen molar-refractivity contribution in [3.63, 3.8) is 0 Å². The van der Waals surface area contributed by atoms with Gasteiger partial charge in [-0.3, -0.25) is 15.0 Å². The van der Waals surface area contributed by atoms with Gasteiger partial charge in [-0.05, 0) is 101 Å². The van der Waals surface area contributed by atoms with Crippen LogP contribution in [0.1, 0.15) is 31.2 Å². The maximum Gasteiger partial charge on any atom is 0.323 e. The number of halogens is 2. The van der Waals surface area contributed by atoms with E-state index in [1.54, 1.807) is 18.2 Å². The SMILES string of the molecule is CN(C)C1CN(C2CCN(C3CCN(C(=O)Nc4cc(Oc5ccc(NC(=S)NC(=O)Cc6ccc(F)cc6)c(F)c5)ccn4)CC3)CC2)C1. The van der Waals surface area contributed by atoms with Gasteiger partial charge < -0.3 is 30.1 Å². The Bertz CT molecular complexity index is 1660. The number of piperidine rings is 2. The molecule has 14 heteroatoms. The lowest BCUT2D eigenvalue weighted by Crippen LogP contribution is -2.62. The van der Waals surface area contributed by atoms with E-state index in [0.717, 1.165) is 25.9 Å². The van der Waals surface area contributed by atoms with Crippen molar-refractivity contribution in [2.45, 2.75) is 50.2 Å². The molecule has 3 aliphatic rings. The first-order valence-corrected chi connectivity index (χ1v) is 17.5. The van der Waals surface area contributed by atoms with E-state index in [-0.39, 0.29) is 29.0 Å². The van der Waals surface area contributed by atoms with Crippen molar-refractivity contribution in [2.24, 2.45) is 0 Å². The summed E-state index contributed by atoms with van der Waals surface area (Å²) < 4.78 is 33.9. The fourth-order valence-corrected chi connectivity index (χ4v) is 7.03. The molecule has 3 N–H and O–H groups in total. The Morgan fingerprint density at radius 1 is 0.880 bits per heavy atom. The number of rotatable bonds is 9. The van der Waals surface area contributed by atoms with Crippen molar-refractivity contribution in [1.82, 2.24) is 29.9 Å². The minimum Gasteiger partial charge on any atom is -0.457 e. The number of hydrogen-bond acceptors (Lipinski definition) is 8.